The molecule has 142 valence electrons. The molecule has 0 aliphatic carbocycles. The van der Waals surface area contributed by atoms with Crippen LogP contribution in [0.5, 0.6) is 0 Å². The van der Waals surface area contributed by atoms with Crippen LogP contribution < -0.4 is 10.6 Å². The zero-order valence-electron chi connectivity index (χ0n) is 15.3. The maximum absolute atomic E-state index is 14.0. The summed E-state index contributed by atoms with van der Waals surface area (Å²) in [6.07, 6.45) is 1.32. The zero-order valence-corrected chi connectivity index (χ0v) is 15.3. The van der Waals surface area contributed by atoms with Crippen LogP contribution in [0.25, 0.3) is 5.69 Å². The summed E-state index contributed by atoms with van der Waals surface area (Å²) in [5.41, 5.74) is 2.41. The molecule has 0 atom stereocenters. The van der Waals surface area contributed by atoms with Crippen LogP contribution >= 0.6 is 0 Å². The Bertz CT molecular complexity index is 1030. The number of anilines is 2. The average Bonchev–Trinajstić information content (AvgIpc) is 3.03. The highest BCUT2D eigenvalue weighted by atomic mass is 19.1. The van der Waals surface area contributed by atoms with Gasteiger partial charge in [0, 0.05) is 17.4 Å². The molecule has 7 heteroatoms. The smallest absolute Gasteiger partial charge is 0.247 e. The van der Waals surface area contributed by atoms with Crippen LogP contribution in [0.2, 0.25) is 0 Å². The lowest BCUT2D eigenvalue weighted by Gasteiger charge is -2.06. The van der Waals surface area contributed by atoms with E-state index in [4.69, 9.17) is 0 Å². The molecule has 2 N–H and O–H groups in total. The predicted octanol–water partition coefficient (Wildman–Crippen LogP) is 3.63. The Labute approximate surface area is 161 Å². The van der Waals surface area contributed by atoms with Crippen LogP contribution in [0, 0.1) is 12.7 Å². The van der Waals surface area contributed by atoms with Crippen molar-refractivity contribution in [2.75, 3.05) is 10.6 Å². The van der Waals surface area contributed by atoms with Crippen molar-refractivity contribution in [1.82, 2.24) is 9.78 Å². The van der Waals surface area contributed by atoms with Crippen LogP contribution in [0.15, 0.2) is 67.3 Å². The largest absolute Gasteiger partial charge is 0.323 e. The van der Waals surface area contributed by atoms with Crippen LogP contribution in [0.4, 0.5) is 15.9 Å². The first kappa shape index (κ1) is 19.0. The average molecular weight is 378 g/mol. The van der Waals surface area contributed by atoms with Gasteiger partial charge in [-0.1, -0.05) is 30.8 Å². The van der Waals surface area contributed by atoms with E-state index in [1.807, 2.05) is 0 Å². The SMILES string of the molecule is C=CC(=O)Nc1ccc(CC(=O)Nc2cc(C)n(-c3ccccc3F)n2)cc1. The maximum Gasteiger partial charge on any atom is 0.247 e. The third-order valence-electron chi connectivity index (χ3n) is 4.01. The Morgan fingerprint density at radius 1 is 1.14 bits per heavy atom. The maximum atomic E-state index is 14.0. The number of carbonyl (C=O) groups is 2. The van der Waals surface area contributed by atoms with Crippen LogP contribution in [-0.4, -0.2) is 21.6 Å². The van der Waals surface area contributed by atoms with Crippen LogP contribution in [-0.2, 0) is 16.0 Å². The van der Waals surface area contributed by atoms with Gasteiger partial charge in [0.2, 0.25) is 11.8 Å². The minimum atomic E-state index is -0.393. The lowest BCUT2D eigenvalue weighted by molar-refractivity contribution is -0.115. The highest BCUT2D eigenvalue weighted by Crippen LogP contribution is 2.18. The molecule has 0 fully saturated rings. The highest BCUT2D eigenvalue weighted by Gasteiger charge is 2.12. The van der Waals surface area contributed by atoms with E-state index in [-0.39, 0.29) is 18.2 Å². The number of amides is 2. The van der Waals surface area contributed by atoms with E-state index >= 15 is 0 Å². The molecule has 0 spiro atoms. The number of benzene rings is 2. The number of aryl methyl sites for hydroxylation is 1. The van der Waals surface area contributed by atoms with Gasteiger partial charge in [0.15, 0.2) is 5.82 Å². The van der Waals surface area contributed by atoms with Gasteiger partial charge in [-0.3, -0.25) is 9.59 Å². The molecule has 0 aliphatic rings. The normalized spacial score (nSPS) is 10.4. The zero-order chi connectivity index (χ0) is 20.1. The third-order valence-corrected chi connectivity index (χ3v) is 4.01. The molecule has 6 nitrogen and oxygen atoms in total. The lowest BCUT2D eigenvalue weighted by Crippen LogP contribution is -2.15. The quantitative estimate of drug-likeness (QED) is 0.643. The number of hydrogen-bond donors (Lipinski definition) is 2. The molecule has 28 heavy (non-hydrogen) atoms. The molecule has 2 aromatic carbocycles. The van der Waals surface area contributed by atoms with Crippen molar-refractivity contribution in [3.63, 3.8) is 0 Å². The second-order valence-corrected chi connectivity index (χ2v) is 6.15. The molecule has 2 amide bonds. The summed E-state index contributed by atoms with van der Waals surface area (Å²) >= 11 is 0. The Kier molecular flexibility index (Phi) is 5.64. The van der Waals surface area contributed by atoms with Gasteiger partial charge in [0.25, 0.3) is 0 Å². The van der Waals surface area contributed by atoms with Crippen molar-refractivity contribution in [1.29, 1.82) is 0 Å². The first-order chi connectivity index (χ1) is 13.5. The van der Waals surface area contributed by atoms with Crippen molar-refractivity contribution < 1.29 is 14.0 Å². The molecule has 1 aromatic heterocycles. The summed E-state index contributed by atoms with van der Waals surface area (Å²) in [7, 11) is 0. The number of nitrogens with one attached hydrogen (secondary N) is 2. The Balaban J connectivity index is 1.65. The summed E-state index contributed by atoms with van der Waals surface area (Å²) in [5.74, 6) is -0.594. The summed E-state index contributed by atoms with van der Waals surface area (Å²) in [4.78, 5) is 23.6. The minimum Gasteiger partial charge on any atom is -0.323 e. The number of carbonyl (C=O) groups excluding carboxylic acids is 2. The molecule has 1 heterocycles. The molecular formula is C21H19FN4O2. The topological polar surface area (TPSA) is 76.0 Å². The van der Waals surface area contributed by atoms with E-state index in [9.17, 15) is 14.0 Å². The molecule has 0 unspecified atom stereocenters. The standard InChI is InChI=1S/C21H19FN4O2/c1-3-20(27)23-16-10-8-15(9-11-16)13-21(28)24-19-12-14(2)26(25-19)18-7-5-4-6-17(18)22/h3-12H,1,13H2,2H3,(H,23,27)(H,24,25,28). The lowest BCUT2D eigenvalue weighted by atomic mass is 10.1. The van der Waals surface area contributed by atoms with Gasteiger partial charge in [0.1, 0.15) is 11.5 Å². The van der Waals surface area contributed by atoms with E-state index < -0.39 is 5.82 Å². The third kappa shape index (κ3) is 4.50. The van der Waals surface area contributed by atoms with Gasteiger partial charge in [-0.25, -0.2) is 9.07 Å². The summed E-state index contributed by atoms with van der Waals surface area (Å²) in [6.45, 7) is 5.18. The van der Waals surface area contributed by atoms with Crippen molar-refractivity contribution >= 4 is 23.3 Å². The van der Waals surface area contributed by atoms with Gasteiger partial charge in [-0.2, -0.15) is 0 Å². The molecule has 0 radical (unpaired) electrons. The van der Waals surface area contributed by atoms with E-state index in [0.717, 1.165) is 5.56 Å². The van der Waals surface area contributed by atoms with Gasteiger partial charge in [-0.05, 0) is 42.8 Å². The number of para-hydroxylation sites is 1. The number of aromatic nitrogens is 2. The van der Waals surface area contributed by atoms with Gasteiger partial charge in [0.05, 0.1) is 6.42 Å². The summed E-state index contributed by atoms with van der Waals surface area (Å²) in [5, 5.41) is 9.63. The fourth-order valence-electron chi connectivity index (χ4n) is 2.67. The molecule has 0 saturated heterocycles. The Morgan fingerprint density at radius 3 is 2.54 bits per heavy atom. The fourth-order valence-corrected chi connectivity index (χ4v) is 2.67. The van der Waals surface area contributed by atoms with E-state index in [1.54, 1.807) is 55.5 Å². The molecule has 3 rings (SSSR count). The molecule has 0 bridgehead atoms. The fraction of sp³-hybridized carbons (Fsp3) is 0.0952. The van der Waals surface area contributed by atoms with E-state index in [2.05, 4.69) is 22.3 Å². The van der Waals surface area contributed by atoms with Crippen molar-refractivity contribution in [3.05, 3.63) is 84.3 Å². The second kappa shape index (κ2) is 8.30. The molecule has 0 saturated carbocycles. The van der Waals surface area contributed by atoms with Gasteiger partial charge >= 0.3 is 0 Å². The van der Waals surface area contributed by atoms with Crippen molar-refractivity contribution in [2.45, 2.75) is 13.3 Å². The van der Waals surface area contributed by atoms with Crippen LogP contribution in [0.3, 0.4) is 0 Å². The minimum absolute atomic E-state index is 0.140. The Morgan fingerprint density at radius 2 is 1.86 bits per heavy atom. The number of rotatable bonds is 6. The summed E-state index contributed by atoms with van der Waals surface area (Å²) < 4.78 is 15.4. The molecule has 0 aliphatic heterocycles. The summed E-state index contributed by atoms with van der Waals surface area (Å²) in [6, 6.07) is 14.9. The number of hydrogen-bond acceptors (Lipinski definition) is 3. The van der Waals surface area contributed by atoms with E-state index in [1.165, 1.54) is 16.8 Å². The first-order valence-corrected chi connectivity index (χ1v) is 8.60. The molecular weight excluding hydrogens is 359 g/mol. The Hall–Kier alpha value is -3.74. The highest BCUT2D eigenvalue weighted by molar-refractivity contribution is 5.98. The number of halogens is 1. The van der Waals surface area contributed by atoms with E-state index in [0.29, 0.717) is 22.9 Å². The predicted molar refractivity (Wildman–Crippen MR) is 106 cm³/mol. The van der Waals surface area contributed by atoms with Gasteiger partial charge < -0.3 is 10.6 Å². The van der Waals surface area contributed by atoms with Crippen LogP contribution in [0.1, 0.15) is 11.3 Å². The number of nitrogens with zero attached hydrogens (tertiary/aromatic N) is 2. The molecule has 3 aromatic rings. The first-order valence-electron chi connectivity index (χ1n) is 8.60. The van der Waals surface area contributed by atoms with Crippen molar-refractivity contribution in [2.24, 2.45) is 0 Å². The second-order valence-electron chi connectivity index (χ2n) is 6.15. The van der Waals surface area contributed by atoms with Gasteiger partial charge in [-0.15, -0.1) is 5.10 Å². The van der Waals surface area contributed by atoms with Crippen molar-refractivity contribution in [3.8, 4) is 5.69 Å². The monoisotopic (exact) mass is 378 g/mol.